The summed E-state index contributed by atoms with van der Waals surface area (Å²) in [7, 11) is 0. The molecule has 2 N–H and O–H groups in total. The molecule has 0 radical (unpaired) electrons. The zero-order valence-corrected chi connectivity index (χ0v) is 10.4. The molecule has 18 heavy (non-hydrogen) atoms. The number of amides is 1. The monoisotopic (exact) mass is 247 g/mol. The highest BCUT2D eigenvalue weighted by atomic mass is 16.6. The maximum atomic E-state index is 11.9. The molecule has 1 aliphatic rings. The number of carbonyl (C=O) groups is 1. The Morgan fingerprint density at radius 1 is 1.44 bits per heavy atom. The topological polar surface area (TPSA) is 67.9 Å². The number of benzene rings is 1. The van der Waals surface area contributed by atoms with Crippen LogP contribution in [-0.4, -0.2) is 30.0 Å². The SMILES string of the molecule is CCCOC(=O)N1CC(N)=Nc2ccccc2C1. The first-order chi connectivity index (χ1) is 8.70. The molecule has 0 fully saturated rings. The molecule has 0 aliphatic carbocycles. The second-order valence-electron chi connectivity index (χ2n) is 4.20. The van der Waals surface area contributed by atoms with Gasteiger partial charge in [-0.1, -0.05) is 25.1 Å². The first-order valence-corrected chi connectivity index (χ1v) is 6.03. The summed E-state index contributed by atoms with van der Waals surface area (Å²) in [6.07, 6.45) is 0.464. The second kappa shape index (κ2) is 5.53. The van der Waals surface area contributed by atoms with Gasteiger partial charge in [-0.2, -0.15) is 0 Å². The summed E-state index contributed by atoms with van der Waals surface area (Å²) >= 11 is 0. The number of fused-ring (bicyclic) bond motifs is 1. The Hall–Kier alpha value is -2.04. The first kappa shape index (κ1) is 12.4. The molecule has 5 heteroatoms. The first-order valence-electron chi connectivity index (χ1n) is 6.03. The minimum atomic E-state index is -0.341. The van der Waals surface area contributed by atoms with Crippen LogP contribution in [0.2, 0.25) is 0 Å². The molecule has 0 unspecified atom stereocenters. The maximum absolute atomic E-state index is 11.9. The predicted octanol–water partition coefficient (Wildman–Crippen LogP) is 2.04. The fourth-order valence-electron chi connectivity index (χ4n) is 1.81. The van der Waals surface area contributed by atoms with Crippen LogP contribution in [0.15, 0.2) is 29.3 Å². The predicted molar refractivity (Wildman–Crippen MR) is 69.8 cm³/mol. The van der Waals surface area contributed by atoms with Gasteiger partial charge in [-0.05, 0) is 18.1 Å². The van der Waals surface area contributed by atoms with Gasteiger partial charge in [0, 0.05) is 0 Å². The van der Waals surface area contributed by atoms with E-state index < -0.39 is 0 Å². The summed E-state index contributed by atoms with van der Waals surface area (Å²) in [6, 6.07) is 7.66. The zero-order valence-electron chi connectivity index (χ0n) is 10.4. The molecule has 1 amide bonds. The molecule has 1 aliphatic heterocycles. The molecule has 96 valence electrons. The fraction of sp³-hybridized carbons (Fsp3) is 0.385. The number of nitrogens with two attached hydrogens (primary N) is 1. The van der Waals surface area contributed by atoms with E-state index in [1.165, 1.54) is 0 Å². The zero-order chi connectivity index (χ0) is 13.0. The van der Waals surface area contributed by atoms with E-state index in [0.29, 0.717) is 25.5 Å². The van der Waals surface area contributed by atoms with Crippen molar-refractivity contribution in [2.75, 3.05) is 13.2 Å². The lowest BCUT2D eigenvalue weighted by atomic mass is 10.2. The molecule has 1 aromatic carbocycles. The van der Waals surface area contributed by atoms with Gasteiger partial charge in [-0.3, -0.25) is 4.90 Å². The molecule has 1 heterocycles. The summed E-state index contributed by atoms with van der Waals surface area (Å²) in [5.41, 5.74) is 7.61. The summed E-state index contributed by atoms with van der Waals surface area (Å²) in [5.74, 6) is 0.424. The van der Waals surface area contributed by atoms with Gasteiger partial charge in [0.1, 0.15) is 5.84 Å². The molecule has 0 aromatic heterocycles. The Balaban J connectivity index is 2.18. The lowest BCUT2D eigenvalue weighted by molar-refractivity contribution is 0.106. The summed E-state index contributed by atoms with van der Waals surface area (Å²) in [6.45, 7) is 3.16. The van der Waals surface area contributed by atoms with Crippen LogP contribution in [0.4, 0.5) is 10.5 Å². The van der Waals surface area contributed by atoms with Gasteiger partial charge in [0.15, 0.2) is 0 Å². The van der Waals surface area contributed by atoms with E-state index in [9.17, 15) is 4.79 Å². The highest BCUT2D eigenvalue weighted by molar-refractivity contribution is 5.88. The maximum Gasteiger partial charge on any atom is 0.410 e. The van der Waals surface area contributed by atoms with Crippen molar-refractivity contribution in [2.24, 2.45) is 10.7 Å². The Labute approximate surface area is 106 Å². The second-order valence-corrected chi connectivity index (χ2v) is 4.20. The van der Waals surface area contributed by atoms with Crippen LogP contribution in [0.5, 0.6) is 0 Å². The highest BCUT2D eigenvalue weighted by Crippen LogP contribution is 2.23. The van der Waals surface area contributed by atoms with Crippen LogP contribution in [-0.2, 0) is 11.3 Å². The standard InChI is InChI=1S/C13H17N3O2/c1-2-7-18-13(17)16-8-10-5-3-4-6-11(10)15-12(14)9-16/h3-6H,2,7-9H2,1H3,(H2,14,15). The molecule has 0 spiro atoms. The molecule has 0 bridgehead atoms. The molecule has 1 aromatic rings. The van der Waals surface area contributed by atoms with E-state index in [-0.39, 0.29) is 6.09 Å². The van der Waals surface area contributed by atoms with E-state index in [4.69, 9.17) is 10.5 Å². The van der Waals surface area contributed by atoms with Gasteiger partial charge in [-0.15, -0.1) is 0 Å². The number of carbonyl (C=O) groups excluding carboxylic acids is 1. The number of ether oxygens (including phenoxy) is 1. The van der Waals surface area contributed by atoms with E-state index in [1.54, 1.807) is 4.90 Å². The number of nitrogens with zero attached hydrogens (tertiary/aromatic N) is 2. The Kier molecular flexibility index (Phi) is 3.82. The van der Waals surface area contributed by atoms with Crippen LogP contribution in [0.3, 0.4) is 0 Å². The van der Waals surface area contributed by atoms with Crippen molar-refractivity contribution in [1.82, 2.24) is 4.90 Å². The van der Waals surface area contributed by atoms with E-state index in [2.05, 4.69) is 4.99 Å². The summed E-state index contributed by atoms with van der Waals surface area (Å²) < 4.78 is 5.13. The molecule has 5 nitrogen and oxygen atoms in total. The number of rotatable bonds is 2. The van der Waals surface area contributed by atoms with Gasteiger partial charge >= 0.3 is 6.09 Å². The molecular weight excluding hydrogens is 230 g/mol. The van der Waals surface area contributed by atoms with Crippen LogP contribution in [0.1, 0.15) is 18.9 Å². The van der Waals surface area contributed by atoms with E-state index in [0.717, 1.165) is 17.7 Å². The third-order valence-corrected chi connectivity index (χ3v) is 2.66. The smallest absolute Gasteiger partial charge is 0.410 e. The van der Waals surface area contributed by atoms with Gasteiger partial charge < -0.3 is 10.5 Å². The van der Waals surface area contributed by atoms with Crippen LogP contribution >= 0.6 is 0 Å². The van der Waals surface area contributed by atoms with E-state index in [1.807, 2.05) is 31.2 Å². The number of hydrogen-bond acceptors (Lipinski definition) is 4. The average Bonchev–Trinajstić information content (AvgIpc) is 2.53. The summed E-state index contributed by atoms with van der Waals surface area (Å²) in [4.78, 5) is 17.7. The lowest BCUT2D eigenvalue weighted by Gasteiger charge is -2.20. The summed E-state index contributed by atoms with van der Waals surface area (Å²) in [5, 5.41) is 0. The highest BCUT2D eigenvalue weighted by Gasteiger charge is 2.20. The van der Waals surface area contributed by atoms with Gasteiger partial charge in [0.25, 0.3) is 0 Å². The molecule has 0 saturated carbocycles. The number of amidine groups is 1. The largest absolute Gasteiger partial charge is 0.449 e. The van der Waals surface area contributed by atoms with Crippen molar-refractivity contribution in [1.29, 1.82) is 0 Å². The third kappa shape index (κ3) is 2.80. The quantitative estimate of drug-likeness (QED) is 0.869. The van der Waals surface area contributed by atoms with E-state index >= 15 is 0 Å². The van der Waals surface area contributed by atoms with Gasteiger partial charge in [0.2, 0.25) is 0 Å². The Morgan fingerprint density at radius 2 is 2.22 bits per heavy atom. The van der Waals surface area contributed by atoms with Crippen molar-refractivity contribution in [2.45, 2.75) is 19.9 Å². The number of hydrogen-bond donors (Lipinski definition) is 1. The van der Waals surface area contributed by atoms with Gasteiger partial charge in [0.05, 0.1) is 25.4 Å². The van der Waals surface area contributed by atoms with Crippen molar-refractivity contribution in [3.8, 4) is 0 Å². The average molecular weight is 247 g/mol. The van der Waals surface area contributed by atoms with Crippen molar-refractivity contribution in [3.05, 3.63) is 29.8 Å². The van der Waals surface area contributed by atoms with Crippen LogP contribution in [0.25, 0.3) is 0 Å². The molecule has 0 saturated heterocycles. The number of para-hydroxylation sites is 1. The third-order valence-electron chi connectivity index (χ3n) is 2.66. The Morgan fingerprint density at radius 3 is 3.00 bits per heavy atom. The lowest BCUT2D eigenvalue weighted by Crippen LogP contribution is -2.37. The van der Waals surface area contributed by atoms with Crippen LogP contribution in [0, 0.1) is 0 Å². The van der Waals surface area contributed by atoms with Crippen molar-refractivity contribution < 1.29 is 9.53 Å². The minimum Gasteiger partial charge on any atom is -0.449 e. The Bertz CT molecular complexity index is 471. The number of aliphatic imine (C=N–C) groups is 1. The molecule has 0 atom stereocenters. The molecular formula is C13H17N3O2. The fourth-order valence-corrected chi connectivity index (χ4v) is 1.81. The van der Waals surface area contributed by atoms with Crippen molar-refractivity contribution >= 4 is 17.6 Å². The minimum absolute atomic E-state index is 0.303. The van der Waals surface area contributed by atoms with Crippen molar-refractivity contribution in [3.63, 3.8) is 0 Å². The van der Waals surface area contributed by atoms with Gasteiger partial charge in [-0.25, -0.2) is 9.79 Å². The van der Waals surface area contributed by atoms with Crippen LogP contribution < -0.4 is 5.73 Å². The molecule has 2 rings (SSSR count). The normalized spacial score (nSPS) is 14.5.